The van der Waals surface area contributed by atoms with Crippen molar-refractivity contribution >= 4 is 53.3 Å². The average molecular weight is 578 g/mol. The zero-order chi connectivity index (χ0) is 29.0. The van der Waals surface area contributed by atoms with Crippen LogP contribution in [-0.4, -0.2) is 4.57 Å². The number of rotatable bonds is 4. The van der Waals surface area contributed by atoms with Gasteiger partial charge >= 0.3 is 0 Å². The van der Waals surface area contributed by atoms with Gasteiger partial charge < -0.3 is 4.57 Å². The molecule has 2 aromatic heterocycles. The third kappa shape index (κ3) is 4.07. The van der Waals surface area contributed by atoms with Crippen molar-refractivity contribution < 1.29 is 0 Å². The number of nitrogens with zero attached hydrogens (tertiary/aromatic N) is 1. The molecule has 0 N–H and O–H groups in total. The Labute approximate surface area is 259 Å². The lowest BCUT2D eigenvalue weighted by Crippen LogP contribution is -1.93. The molecule has 7 aromatic carbocycles. The fourth-order valence-corrected chi connectivity index (χ4v) is 7.71. The molecule has 0 radical (unpaired) electrons. The zero-order valence-corrected chi connectivity index (χ0v) is 24.8. The maximum atomic E-state index is 2.40. The highest BCUT2D eigenvalue weighted by atomic mass is 32.1. The van der Waals surface area contributed by atoms with Crippen LogP contribution in [0, 0.1) is 0 Å². The largest absolute Gasteiger partial charge is 0.309 e. The second-order valence-corrected chi connectivity index (χ2v) is 12.5. The van der Waals surface area contributed by atoms with E-state index in [-0.39, 0.29) is 0 Å². The molecular weight excluding hydrogens is 551 g/mol. The molecule has 0 atom stereocenters. The topological polar surface area (TPSA) is 4.93 Å². The number of thiophene rings is 1. The summed E-state index contributed by atoms with van der Waals surface area (Å²) in [6.07, 6.45) is 0. The van der Waals surface area contributed by atoms with E-state index in [9.17, 15) is 0 Å². The van der Waals surface area contributed by atoms with Crippen LogP contribution in [0.15, 0.2) is 164 Å². The molecule has 0 aliphatic carbocycles. The summed E-state index contributed by atoms with van der Waals surface area (Å²) in [6.45, 7) is 0. The highest BCUT2D eigenvalue weighted by Crippen LogP contribution is 2.39. The third-order valence-electron chi connectivity index (χ3n) is 8.83. The molecule has 44 heavy (non-hydrogen) atoms. The van der Waals surface area contributed by atoms with Crippen molar-refractivity contribution in [2.45, 2.75) is 0 Å². The number of para-hydroxylation sites is 1. The minimum atomic E-state index is 1.17. The van der Waals surface area contributed by atoms with Gasteiger partial charge in [0.05, 0.1) is 11.0 Å². The van der Waals surface area contributed by atoms with Crippen LogP contribution in [0.25, 0.3) is 81.0 Å². The van der Waals surface area contributed by atoms with E-state index < -0.39 is 0 Å². The predicted molar refractivity (Wildman–Crippen MR) is 190 cm³/mol. The molecule has 0 fully saturated rings. The molecule has 0 saturated heterocycles. The molecular formula is C42H27NS. The second kappa shape index (κ2) is 10.1. The van der Waals surface area contributed by atoms with Crippen molar-refractivity contribution in [1.29, 1.82) is 0 Å². The lowest BCUT2D eigenvalue weighted by molar-refractivity contribution is 1.18. The summed E-state index contributed by atoms with van der Waals surface area (Å²) in [6, 6.07) is 59.7. The number of fused-ring (bicyclic) bond motifs is 6. The molecule has 0 aliphatic heterocycles. The molecule has 206 valence electrons. The van der Waals surface area contributed by atoms with Gasteiger partial charge in [0.2, 0.25) is 0 Å². The van der Waals surface area contributed by atoms with Crippen LogP contribution in [0.4, 0.5) is 0 Å². The summed E-state index contributed by atoms with van der Waals surface area (Å²) >= 11 is 1.87. The van der Waals surface area contributed by atoms with Gasteiger partial charge in [0, 0.05) is 36.6 Å². The molecule has 9 aromatic rings. The van der Waals surface area contributed by atoms with Crippen molar-refractivity contribution in [1.82, 2.24) is 4.57 Å². The van der Waals surface area contributed by atoms with Crippen LogP contribution < -0.4 is 0 Å². The maximum absolute atomic E-state index is 2.40. The van der Waals surface area contributed by atoms with Crippen molar-refractivity contribution in [3.8, 4) is 39.1 Å². The third-order valence-corrected chi connectivity index (χ3v) is 9.99. The van der Waals surface area contributed by atoms with Crippen LogP contribution in [-0.2, 0) is 0 Å². The summed E-state index contributed by atoms with van der Waals surface area (Å²) in [4.78, 5) is 0. The van der Waals surface area contributed by atoms with Gasteiger partial charge in [-0.05, 0) is 81.9 Å². The van der Waals surface area contributed by atoms with E-state index in [1.54, 1.807) is 0 Å². The number of hydrogen-bond donors (Lipinski definition) is 0. The lowest BCUT2D eigenvalue weighted by Gasteiger charge is -2.10. The van der Waals surface area contributed by atoms with E-state index in [4.69, 9.17) is 0 Å². The van der Waals surface area contributed by atoms with E-state index in [1.807, 2.05) is 11.3 Å². The fraction of sp³-hybridized carbons (Fsp3) is 0. The smallest absolute Gasteiger partial charge is 0.0541 e. The Morgan fingerprint density at radius 1 is 0.318 bits per heavy atom. The summed E-state index contributed by atoms with van der Waals surface area (Å²) in [5.41, 5.74) is 11.0. The monoisotopic (exact) mass is 577 g/mol. The number of aromatic nitrogens is 1. The summed E-state index contributed by atoms with van der Waals surface area (Å²) in [5.74, 6) is 0. The fourth-order valence-electron chi connectivity index (χ4n) is 6.62. The normalized spacial score (nSPS) is 11.6. The SMILES string of the molecule is c1ccc(-c2ccc(-c3ccc(-n4c5ccccc5c5cc(-c6ccc7sc8ccccc8c7c6)ccc54)cc3)cc2)cc1. The zero-order valence-electron chi connectivity index (χ0n) is 23.9. The van der Waals surface area contributed by atoms with E-state index >= 15 is 0 Å². The van der Waals surface area contributed by atoms with Crippen molar-refractivity contribution in [3.05, 3.63) is 164 Å². The van der Waals surface area contributed by atoms with E-state index in [2.05, 4.69) is 168 Å². The molecule has 0 spiro atoms. The minimum absolute atomic E-state index is 1.17. The minimum Gasteiger partial charge on any atom is -0.309 e. The Kier molecular flexibility index (Phi) is 5.75. The average Bonchev–Trinajstić information content (AvgIpc) is 3.64. The highest BCUT2D eigenvalue weighted by molar-refractivity contribution is 7.25. The van der Waals surface area contributed by atoms with Crippen molar-refractivity contribution in [3.63, 3.8) is 0 Å². The first-order chi connectivity index (χ1) is 21.8. The van der Waals surface area contributed by atoms with Crippen LogP contribution in [0.5, 0.6) is 0 Å². The summed E-state index contributed by atoms with van der Waals surface area (Å²) in [7, 11) is 0. The number of benzene rings is 7. The maximum Gasteiger partial charge on any atom is 0.0541 e. The second-order valence-electron chi connectivity index (χ2n) is 11.4. The van der Waals surface area contributed by atoms with Gasteiger partial charge in [-0.1, -0.05) is 115 Å². The Morgan fingerprint density at radius 2 is 0.818 bits per heavy atom. The van der Waals surface area contributed by atoms with Gasteiger partial charge in [-0.2, -0.15) is 0 Å². The molecule has 0 saturated carbocycles. The molecule has 1 nitrogen and oxygen atoms in total. The Balaban J connectivity index is 1.11. The van der Waals surface area contributed by atoms with Gasteiger partial charge in [0.15, 0.2) is 0 Å². The highest BCUT2D eigenvalue weighted by Gasteiger charge is 2.14. The summed E-state index contributed by atoms with van der Waals surface area (Å²) < 4.78 is 5.07. The molecule has 9 rings (SSSR count). The quantitative estimate of drug-likeness (QED) is 0.196. The first kappa shape index (κ1) is 25.1. The first-order valence-corrected chi connectivity index (χ1v) is 15.8. The van der Waals surface area contributed by atoms with Crippen LogP contribution in [0.2, 0.25) is 0 Å². The summed E-state index contributed by atoms with van der Waals surface area (Å²) in [5, 5.41) is 5.21. The van der Waals surface area contributed by atoms with Gasteiger partial charge in [-0.25, -0.2) is 0 Å². The number of hydrogen-bond acceptors (Lipinski definition) is 1. The van der Waals surface area contributed by atoms with E-state index in [0.717, 1.165) is 0 Å². The van der Waals surface area contributed by atoms with Gasteiger partial charge in [0.1, 0.15) is 0 Å². The molecule has 2 heteroatoms. The van der Waals surface area contributed by atoms with Crippen LogP contribution in [0.3, 0.4) is 0 Å². The van der Waals surface area contributed by atoms with Crippen molar-refractivity contribution in [2.75, 3.05) is 0 Å². The van der Waals surface area contributed by atoms with Crippen LogP contribution >= 0.6 is 11.3 Å². The molecule has 2 heterocycles. The molecule has 0 amide bonds. The lowest BCUT2D eigenvalue weighted by atomic mass is 10.00. The van der Waals surface area contributed by atoms with Crippen LogP contribution in [0.1, 0.15) is 0 Å². The molecule has 0 unspecified atom stereocenters. The molecule has 0 aliphatic rings. The van der Waals surface area contributed by atoms with E-state index in [1.165, 1.54) is 81.0 Å². The van der Waals surface area contributed by atoms with Crippen molar-refractivity contribution in [2.24, 2.45) is 0 Å². The van der Waals surface area contributed by atoms with Gasteiger partial charge in [0.25, 0.3) is 0 Å². The predicted octanol–water partition coefficient (Wildman–Crippen LogP) is 12.2. The first-order valence-electron chi connectivity index (χ1n) is 15.0. The Hall–Kier alpha value is -5.44. The van der Waals surface area contributed by atoms with Gasteiger partial charge in [-0.15, -0.1) is 11.3 Å². The Bertz CT molecular complexity index is 2460. The van der Waals surface area contributed by atoms with Gasteiger partial charge in [-0.3, -0.25) is 0 Å². The Morgan fingerprint density at radius 3 is 1.57 bits per heavy atom. The van der Waals surface area contributed by atoms with E-state index in [0.29, 0.717) is 0 Å². The standard InChI is InChI=1S/C42H27NS/c1-2-8-28(9-3-1)29-14-16-30(17-15-29)31-18-22-34(23-19-31)43-39-12-6-4-10-35(39)37-26-32(20-24-40(37)43)33-21-25-42-38(27-33)36-11-5-7-13-41(36)44-42/h1-27H. The molecule has 0 bridgehead atoms.